The topological polar surface area (TPSA) is 61.8 Å². The van der Waals surface area contributed by atoms with Crippen LogP contribution in [0.15, 0.2) is 24.3 Å². The molecule has 0 aromatic heterocycles. The molecular formula is C43H80O5. The van der Waals surface area contributed by atoms with Gasteiger partial charge in [0.25, 0.3) is 0 Å². The predicted molar refractivity (Wildman–Crippen MR) is 205 cm³/mol. The lowest BCUT2D eigenvalue weighted by atomic mass is 10.0. The number of carbonyl (C=O) groups is 2. The highest BCUT2D eigenvalue weighted by Crippen LogP contribution is 2.14. The van der Waals surface area contributed by atoms with E-state index < -0.39 is 6.10 Å². The standard InChI is InChI=1S/C43H80O5/c1-4-7-10-13-15-17-19-21-23-25-27-29-32-35-38-46-39-41(48-43(45)37-34-30-12-9-6-3)40-47-42(44)36-33-31-28-26-24-22-20-18-16-14-11-8-5-2/h10,13,17,19,41H,4-9,11-12,14-16,18,20-40H2,1-3H3/b13-10-,19-17-. The summed E-state index contributed by atoms with van der Waals surface area (Å²) in [6.45, 7) is 7.68. The third-order valence-corrected chi connectivity index (χ3v) is 8.97. The molecule has 0 spiro atoms. The van der Waals surface area contributed by atoms with Crippen LogP contribution >= 0.6 is 0 Å². The molecule has 0 aromatic carbocycles. The molecule has 0 aromatic rings. The van der Waals surface area contributed by atoms with Crippen molar-refractivity contribution < 1.29 is 23.8 Å². The van der Waals surface area contributed by atoms with Crippen LogP contribution < -0.4 is 0 Å². The summed E-state index contributed by atoms with van der Waals surface area (Å²) in [6, 6.07) is 0. The Bertz CT molecular complexity index is 731. The molecule has 1 unspecified atom stereocenters. The van der Waals surface area contributed by atoms with Crippen LogP contribution in [-0.2, 0) is 23.8 Å². The van der Waals surface area contributed by atoms with Crippen LogP contribution in [0.4, 0.5) is 0 Å². The second kappa shape index (κ2) is 39.8. The molecule has 0 rings (SSSR count). The molecule has 0 amide bonds. The first-order valence-corrected chi connectivity index (χ1v) is 20.9. The normalized spacial score (nSPS) is 12.3. The van der Waals surface area contributed by atoms with E-state index in [9.17, 15) is 9.59 Å². The maximum atomic E-state index is 12.5. The molecule has 0 saturated carbocycles. The van der Waals surface area contributed by atoms with E-state index >= 15 is 0 Å². The van der Waals surface area contributed by atoms with Crippen molar-refractivity contribution in [2.45, 2.75) is 219 Å². The van der Waals surface area contributed by atoms with Gasteiger partial charge in [-0.1, -0.05) is 180 Å². The van der Waals surface area contributed by atoms with Gasteiger partial charge in [-0.3, -0.25) is 9.59 Å². The maximum Gasteiger partial charge on any atom is 0.306 e. The summed E-state index contributed by atoms with van der Waals surface area (Å²) in [5.74, 6) is -0.409. The van der Waals surface area contributed by atoms with E-state index in [4.69, 9.17) is 14.2 Å². The van der Waals surface area contributed by atoms with Crippen LogP contribution in [0.3, 0.4) is 0 Å². The van der Waals surface area contributed by atoms with Gasteiger partial charge in [-0.25, -0.2) is 0 Å². The monoisotopic (exact) mass is 677 g/mol. The van der Waals surface area contributed by atoms with Crippen molar-refractivity contribution in [3.05, 3.63) is 24.3 Å². The fourth-order valence-corrected chi connectivity index (χ4v) is 5.84. The van der Waals surface area contributed by atoms with Gasteiger partial charge in [0.05, 0.1) is 6.61 Å². The molecule has 0 saturated heterocycles. The van der Waals surface area contributed by atoms with Crippen molar-refractivity contribution in [3.8, 4) is 0 Å². The summed E-state index contributed by atoms with van der Waals surface area (Å²) in [6.07, 6.45) is 43.3. The van der Waals surface area contributed by atoms with Gasteiger partial charge in [-0.2, -0.15) is 0 Å². The average molecular weight is 677 g/mol. The van der Waals surface area contributed by atoms with E-state index in [2.05, 4.69) is 45.1 Å². The van der Waals surface area contributed by atoms with Gasteiger partial charge in [0, 0.05) is 19.4 Å². The smallest absolute Gasteiger partial charge is 0.306 e. The Morgan fingerprint density at radius 1 is 0.458 bits per heavy atom. The van der Waals surface area contributed by atoms with Crippen molar-refractivity contribution in [2.24, 2.45) is 0 Å². The third-order valence-electron chi connectivity index (χ3n) is 8.97. The quantitative estimate of drug-likeness (QED) is 0.0370. The Balaban J connectivity index is 4.08. The molecule has 0 radical (unpaired) electrons. The number of hydrogen-bond acceptors (Lipinski definition) is 5. The molecule has 48 heavy (non-hydrogen) atoms. The highest BCUT2D eigenvalue weighted by atomic mass is 16.6. The molecule has 0 bridgehead atoms. The van der Waals surface area contributed by atoms with E-state index in [0.29, 0.717) is 19.4 Å². The summed E-state index contributed by atoms with van der Waals surface area (Å²) in [5, 5.41) is 0. The lowest BCUT2D eigenvalue weighted by Gasteiger charge is -2.18. The van der Waals surface area contributed by atoms with Crippen molar-refractivity contribution in [1.29, 1.82) is 0 Å². The molecule has 5 heteroatoms. The molecule has 0 aliphatic carbocycles. The van der Waals surface area contributed by atoms with Crippen molar-refractivity contribution in [1.82, 2.24) is 0 Å². The Labute approximate surface area is 298 Å². The molecule has 0 N–H and O–H groups in total. The first-order chi connectivity index (χ1) is 23.6. The second-order valence-electron chi connectivity index (χ2n) is 13.9. The second-order valence-corrected chi connectivity index (χ2v) is 13.9. The fraction of sp³-hybridized carbons (Fsp3) is 0.860. The molecule has 0 fully saturated rings. The average Bonchev–Trinajstić information content (AvgIpc) is 3.08. The zero-order valence-electron chi connectivity index (χ0n) is 32.3. The lowest BCUT2D eigenvalue weighted by Crippen LogP contribution is -2.30. The first kappa shape index (κ1) is 46.4. The summed E-state index contributed by atoms with van der Waals surface area (Å²) in [5.41, 5.74) is 0. The van der Waals surface area contributed by atoms with Crippen LogP contribution in [-0.4, -0.2) is 37.9 Å². The molecule has 282 valence electrons. The van der Waals surface area contributed by atoms with Gasteiger partial charge in [0.2, 0.25) is 0 Å². The number of allylic oxidation sites excluding steroid dienone is 4. The van der Waals surface area contributed by atoms with Crippen LogP contribution in [0.2, 0.25) is 0 Å². The number of carbonyl (C=O) groups excluding carboxylic acids is 2. The van der Waals surface area contributed by atoms with Crippen LogP contribution in [0.25, 0.3) is 0 Å². The highest BCUT2D eigenvalue weighted by molar-refractivity contribution is 5.70. The van der Waals surface area contributed by atoms with Crippen molar-refractivity contribution in [2.75, 3.05) is 19.8 Å². The lowest BCUT2D eigenvalue weighted by molar-refractivity contribution is -0.163. The van der Waals surface area contributed by atoms with Gasteiger partial charge in [-0.15, -0.1) is 0 Å². The predicted octanol–water partition coefficient (Wildman–Crippen LogP) is 13.3. The van der Waals surface area contributed by atoms with E-state index in [1.54, 1.807) is 0 Å². The van der Waals surface area contributed by atoms with Crippen molar-refractivity contribution >= 4 is 11.9 Å². The summed E-state index contributed by atoms with van der Waals surface area (Å²) in [4.78, 5) is 24.9. The Morgan fingerprint density at radius 2 is 0.917 bits per heavy atom. The van der Waals surface area contributed by atoms with E-state index in [1.165, 1.54) is 128 Å². The number of hydrogen-bond donors (Lipinski definition) is 0. The number of unbranched alkanes of at least 4 members (excludes halogenated alkanes) is 23. The fourth-order valence-electron chi connectivity index (χ4n) is 5.84. The Kier molecular flexibility index (Phi) is 38.5. The largest absolute Gasteiger partial charge is 0.462 e. The van der Waals surface area contributed by atoms with Gasteiger partial charge in [0.1, 0.15) is 6.61 Å². The number of rotatable bonds is 38. The van der Waals surface area contributed by atoms with Crippen LogP contribution in [0.5, 0.6) is 0 Å². The third kappa shape index (κ3) is 37.2. The zero-order valence-corrected chi connectivity index (χ0v) is 32.3. The molecule has 0 aliphatic heterocycles. The molecular weight excluding hydrogens is 596 g/mol. The van der Waals surface area contributed by atoms with E-state index in [0.717, 1.165) is 51.4 Å². The van der Waals surface area contributed by atoms with Crippen LogP contribution in [0.1, 0.15) is 213 Å². The van der Waals surface area contributed by atoms with Gasteiger partial charge in [-0.05, 0) is 44.9 Å². The van der Waals surface area contributed by atoms with Gasteiger partial charge < -0.3 is 14.2 Å². The zero-order chi connectivity index (χ0) is 35.0. The maximum absolute atomic E-state index is 12.5. The van der Waals surface area contributed by atoms with Crippen LogP contribution in [0, 0.1) is 0 Å². The minimum atomic E-state index is -0.529. The molecule has 1 atom stereocenters. The van der Waals surface area contributed by atoms with E-state index in [-0.39, 0.29) is 25.2 Å². The Hall–Kier alpha value is -1.62. The molecule has 5 nitrogen and oxygen atoms in total. The first-order valence-electron chi connectivity index (χ1n) is 20.9. The van der Waals surface area contributed by atoms with E-state index in [1.807, 2.05) is 0 Å². The summed E-state index contributed by atoms with van der Waals surface area (Å²) < 4.78 is 17.1. The summed E-state index contributed by atoms with van der Waals surface area (Å²) in [7, 11) is 0. The highest BCUT2D eigenvalue weighted by Gasteiger charge is 2.17. The SMILES string of the molecule is CCC/C=C\C/C=C\CCCCCCCCOCC(COC(=O)CCCCCCCCCCCCCCC)OC(=O)CCCCCCC. The minimum Gasteiger partial charge on any atom is -0.462 e. The number of ether oxygens (including phenoxy) is 3. The van der Waals surface area contributed by atoms with Gasteiger partial charge in [0.15, 0.2) is 6.10 Å². The minimum absolute atomic E-state index is 0.0856. The Morgan fingerprint density at radius 3 is 1.46 bits per heavy atom. The molecule has 0 heterocycles. The van der Waals surface area contributed by atoms with Gasteiger partial charge >= 0.3 is 11.9 Å². The summed E-state index contributed by atoms with van der Waals surface area (Å²) >= 11 is 0. The number of esters is 2. The van der Waals surface area contributed by atoms with Crippen molar-refractivity contribution in [3.63, 3.8) is 0 Å². The molecule has 0 aliphatic rings.